The molecule has 0 bridgehead atoms. The van der Waals surface area contributed by atoms with Crippen molar-refractivity contribution < 1.29 is 40.2 Å². The Hall–Kier alpha value is -0.990. The van der Waals surface area contributed by atoms with E-state index in [1.807, 2.05) is 0 Å². The van der Waals surface area contributed by atoms with E-state index < -0.39 is 30.7 Å². The lowest BCUT2D eigenvalue weighted by Gasteiger charge is -2.25. The lowest BCUT2D eigenvalue weighted by atomic mass is 10.1. The Morgan fingerprint density at radius 2 is 1.63 bits per heavy atom. The van der Waals surface area contributed by atoms with E-state index >= 15 is 0 Å². The van der Waals surface area contributed by atoms with Crippen LogP contribution in [0.25, 0.3) is 0 Å². The lowest BCUT2D eigenvalue weighted by molar-refractivity contribution is -0.350. The van der Waals surface area contributed by atoms with Crippen molar-refractivity contribution in [2.24, 2.45) is 5.92 Å². The molecule has 114 valence electrons. The molecule has 1 unspecified atom stereocenters. The third kappa shape index (κ3) is 5.66. The highest BCUT2D eigenvalue weighted by Gasteiger charge is 2.60. The van der Waals surface area contributed by atoms with Crippen LogP contribution >= 0.6 is 0 Å². The topological polar surface area (TPSA) is 18.5 Å². The zero-order valence-corrected chi connectivity index (χ0v) is 10.2. The fraction of sp³-hybridized carbons (Fsp3) is 0.800. The third-order valence-corrected chi connectivity index (χ3v) is 2.17. The molecule has 0 fully saturated rings. The molecule has 2 nitrogen and oxygen atoms in total. The first-order valence-corrected chi connectivity index (χ1v) is 5.26. The number of halogens is 7. The van der Waals surface area contributed by atoms with Gasteiger partial charge in [-0.15, -0.1) is 0 Å². The monoisotopic (exact) mass is 298 g/mol. The van der Waals surface area contributed by atoms with Crippen LogP contribution in [0.4, 0.5) is 30.7 Å². The van der Waals surface area contributed by atoms with Gasteiger partial charge in [0.05, 0.1) is 0 Å². The molecule has 9 heteroatoms. The fourth-order valence-electron chi connectivity index (χ4n) is 0.816. The van der Waals surface area contributed by atoms with Gasteiger partial charge >= 0.3 is 24.1 Å². The van der Waals surface area contributed by atoms with Crippen molar-refractivity contribution in [3.8, 4) is 0 Å². The van der Waals surface area contributed by atoms with Crippen LogP contribution in [0.1, 0.15) is 20.3 Å². The Morgan fingerprint density at radius 3 is 2.05 bits per heavy atom. The first-order chi connectivity index (χ1) is 8.53. The first-order valence-electron chi connectivity index (χ1n) is 5.26. The second-order valence-electron chi connectivity index (χ2n) is 3.89. The summed E-state index contributed by atoms with van der Waals surface area (Å²) in [6, 6.07) is -3.05. The smallest absolute Gasteiger partial charge is 0.398 e. The normalized spacial score (nSPS) is 14.2. The molecule has 0 heterocycles. The summed E-state index contributed by atoms with van der Waals surface area (Å²) in [5.74, 6) is -5.09. The number of rotatable bonds is 8. The van der Waals surface area contributed by atoms with Crippen molar-refractivity contribution in [1.82, 2.24) is 0 Å². The van der Waals surface area contributed by atoms with Crippen molar-refractivity contribution >= 4 is 0 Å². The highest BCUT2D eigenvalue weighted by atomic mass is 19.3. The standard InChI is InChI=1S/C10H13F7O2/c1-3-6(2)4-18-5-9(14,15)10(16,17)19-8(13)7(11)12/h6H,3-5H2,1-2H3. The molecule has 0 aromatic rings. The van der Waals surface area contributed by atoms with Crippen LogP contribution in [-0.2, 0) is 9.47 Å². The van der Waals surface area contributed by atoms with E-state index in [0.717, 1.165) is 0 Å². The molecule has 19 heavy (non-hydrogen) atoms. The van der Waals surface area contributed by atoms with Crippen molar-refractivity contribution in [3.05, 3.63) is 12.1 Å². The van der Waals surface area contributed by atoms with E-state index in [4.69, 9.17) is 0 Å². The minimum Gasteiger partial charge on any atom is -0.398 e. The summed E-state index contributed by atoms with van der Waals surface area (Å²) in [4.78, 5) is 0. The van der Waals surface area contributed by atoms with Crippen molar-refractivity contribution in [2.75, 3.05) is 13.2 Å². The minimum absolute atomic E-state index is 0.148. The van der Waals surface area contributed by atoms with Gasteiger partial charge in [0.2, 0.25) is 0 Å². The van der Waals surface area contributed by atoms with Gasteiger partial charge < -0.3 is 9.47 Å². The van der Waals surface area contributed by atoms with Gasteiger partial charge in [-0.1, -0.05) is 20.3 Å². The quantitative estimate of drug-likeness (QED) is 0.490. The van der Waals surface area contributed by atoms with E-state index in [1.165, 1.54) is 0 Å². The molecule has 0 aliphatic carbocycles. The van der Waals surface area contributed by atoms with Crippen LogP contribution < -0.4 is 0 Å². The van der Waals surface area contributed by atoms with E-state index in [-0.39, 0.29) is 12.5 Å². The summed E-state index contributed by atoms with van der Waals surface area (Å²) in [7, 11) is 0. The van der Waals surface area contributed by atoms with Gasteiger partial charge in [0, 0.05) is 6.61 Å². The molecule has 0 amide bonds. The zero-order valence-electron chi connectivity index (χ0n) is 10.2. The highest BCUT2D eigenvalue weighted by Crippen LogP contribution is 2.38. The Bertz CT molecular complexity index is 313. The second-order valence-corrected chi connectivity index (χ2v) is 3.89. The van der Waals surface area contributed by atoms with E-state index in [1.54, 1.807) is 13.8 Å². The van der Waals surface area contributed by atoms with Gasteiger partial charge in [-0.3, -0.25) is 0 Å². The number of hydrogen-bond acceptors (Lipinski definition) is 2. The SMILES string of the molecule is CCC(C)COCC(F)(F)C(F)(F)OC(F)=C(F)F. The summed E-state index contributed by atoms with van der Waals surface area (Å²) in [6.45, 7) is 1.37. The predicted octanol–water partition coefficient (Wildman–Crippen LogP) is 4.33. The number of hydrogen-bond donors (Lipinski definition) is 0. The fourth-order valence-corrected chi connectivity index (χ4v) is 0.816. The summed E-state index contributed by atoms with van der Waals surface area (Å²) < 4.78 is 93.6. The molecule has 0 spiro atoms. The Kier molecular flexibility index (Phi) is 6.61. The average molecular weight is 298 g/mol. The minimum atomic E-state index is -5.43. The lowest BCUT2D eigenvalue weighted by Crippen LogP contribution is -2.46. The molecule has 0 N–H and O–H groups in total. The molecular formula is C10H13F7O2. The Morgan fingerprint density at radius 1 is 1.11 bits per heavy atom. The summed E-state index contributed by atoms with van der Waals surface area (Å²) in [6.07, 6.45) is -8.12. The largest absolute Gasteiger partial charge is 0.468 e. The van der Waals surface area contributed by atoms with Gasteiger partial charge in [-0.05, 0) is 5.92 Å². The van der Waals surface area contributed by atoms with Gasteiger partial charge in [0.15, 0.2) is 0 Å². The average Bonchev–Trinajstić information content (AvgIpc) is 2.27. The predicted molar refractivity (Wildman–Crippen MR) is 51.6 cm³/mol. The molecule has 0 aliphatic rings. The van der Waals surface area contributed by atoms with E-state index in [0.29, 0.717) is 6.42 Å². The molecule has 0 aliphatic heterocycles. The van der Waals surface area contributed by atoms with Crippen LogP contribution in [-0.4, -0.2) is 25.2 Å². The molecule has 0 aromatic heterocycles. The molecular weight excluding hydrogens is 285 g/mol. The zero-order chi connectivity index (χ0) is 15.3. The highest BCUT2D eigenvalue weighted by molar-refractivity contribution is 4.86. The second kappa shape index (κ2) is 6.97. The number of alkyl halides is 4. The Labute approximate surface area is 105 Å². The third-order valence-electron chi connectivity index (χ3n) is 2.17. The van der Waals surface area contributed by atoms with Crippen LogP contribution in [0.3, 0.4) is 0 Å². The van der Waals surface area contributed by atoms with Crippen molar-refractivity contribution in [2.45, 2.75) is 32.3 Å². The molecule has 0 aromatic carbocycles. The van der Waals surface area contributed by atoms with Crippen LogP contribution in [0.2, 0.25) is 0 Å². The van der Waals surface area contributed by atoms with Crippen molar-refractivity contribution in [3.63, 3.8) is 0 Å². The molecule has 0 saturated heterocycles. The van der Waals surface area contributed by atoms with Crippen molar-refractivity contribution in [1.29, 1.82) is 0 Å². The Balaban J connectivity index is 4.56. The van der Waals surface area contributed by atoms with Gasteiger partial charge in [-0.2, -0.15) is 30.7 Å². The van der Waals surface area contributed by atoms with Gasteiger partial charge in [0.1, 0.15) is 6.61 Å². The number of ether oxygens (including phenoxy) is 2. The summed E-state index contributed by atoms with van der Waals surface area (Å²) >= 11 is 0. The molecule has 0 saturated carbocycles. The van der Waals surface area contributed by atoms with E-state index in [9.17, 15) is 30.7 Å². The first kappa shape index (κ1) is 18.0. The summed E-state index contributed by atoms with van der Waals surface area (Å²) in [5.41, 5.74) is 0. The summed E-state index contributed by atoms with van der Waals surface area (Å²) in [5, 5.41) is 0. The molecule has 1 atom stereocenters. The van der Waals surface area contributed by atoms with Crippen LogP contribution in [0.15, 0.2) is 12.1 Å². The van der Waals surface area contributed by atoms with Gasteiger partial charge in [-0.25, -0.2) is 0 Å². The molecule has 0 radical (unpaired) electrons. The van der Waals surface area contributed by atoms with Crippen LogP contribution in [0, 0.1) is 5.92 Å². The molecule has 0 rings (SSSR count). The van der Waals surface area contributed by atoms with E-state index in [2.05, 4.69) is 9.47 Å². The van der Waals surface area contributed by atoms with Crippen LogP contribution in [0.5, 0.6) is 0 Å². The maximum Gasteiger partial charge on any atom is 0.468 e. The maximum atomic E-state index is 12.9. The van der Waals surface area contributed by atoms with Gasteiger partial charge in [0.25, 0.3) is 0 Å². The maximum absolute atomic E-state index is 12.9.